The second-order valence-corrected chi connectivity index (χ2v) is 4.45. The SMILES string of the molecule is Cc1ccc(C#N)cc1Cn1cc(C)c(=O)[nH]c1=O. The van der Waals surface area contributed by atoms with Crippen LogP contribution in [0.25, 0.3) is 0 Å². The Morgan fingerprint density at radius 2 is 2.00 bits per heavy atom. The summed E-state index contributed by atoms with van der Waals surface area (Å²) in [6, 6.07) is 7.40. The second kappa shape index (κ2) is 4.94. The maximum atomic E-state index is 11.7. The van der Waals surface area contributed by atoms with Crippen molar-refractivity contribution in [1.82, 2.24) is 9.55 Å². The van der Waals surface area contributed by atoms with Crippen molar-refractivity contribution in [2.24, 2.45) is 0 Å². The van der Waals surface area contributed by atoms with Crippen LogP contribution in [0.3, 0.4) is 0 Å². The Morgan fingerprint density at radius 1 is 1.26 bits per heavy atom. The lowest BCUT2D eigenvalue weighted by Gasteiger charge is -2.09. The maximum Gasteiger partial charge on any atom is 0.328 e. The second-order valence-electron chi connectivity index (χ2n) is 4.45. The largest absolute Gasteiger partial charge is 0.328 e. The molecule has 0 radical (unpaired) electrons. The van der Waals surface area contributed by atoms with Gasteiger partial charge in [-0.1, -0.05) is 6.07 Å². The fourth-order valence-corrected chi connectivity index (χ4v) is 1.83. The zero-order valence-electron chi connectivity index (χ0n) is 10.7. The van der Waals surface area contributed by atoms with Gasteiger partial charge in [-0.2, -0.15) is 5.26 Å². The summed E-state index contributed by atoms with van der Waals surface area (Å²) < 4.78 is 1.43. The van der Waals surface area contributed by atoms with E-state index >= 15 is 0 Å². The minimum Gasteiger partial charge on any atom is -0.296 e. The van der Waals surface area contributed by atoms with Crippen LogP contribution in [-0.2, 0) is 6.54 Å². The highest BCUT2D eigenvalue weighted by molar-refractivity contribution is 5.37. The topological polar surface area (TPSA) is 78.7 Å². The summed E-state index contributed by atoms with van der Waals surface area (Å²) in [7, 11) is 0. The Morgan fingerprint density at radius 3 is 2.68 bits per heavy atom. The molecule has 1 aromatic carbocycles. The van der Waals surface area contributed by atoms with Gasteiger partial charge < -0.3 is 0 Å². The Balaban J connectivity index is 2.48. The van der Waals surface area contributed by atoms with Crippen molar-refractivity contribution in [3.8, 4) is 6.07 Å². The smallest absolute Gasteiger partial charge is 0.296 e. The van der Waals surface area contributed by atoms with Gasteiger partial charge >= 0.3 is 5.69 Å². The molecule has 5 nitrogen and oxygen atoms in total. The van der Waals surface area contributed by atoms with Crippen LogP contribution in [0, 0.1) is 25.2 Å². The van der Waals surface area contributed by atoms with Gasteiger partial charge in [0.05, 0.1) is 18.2 Å². The maximum absolute atomic E-state index is 11.7. The van der Waals surface area contributed by atoms with Gasteiger partial charge in [-0.05, 0) is 37.1 Å². The fourth-order valence-electron chi connectivity index (χ4n) is 1.83. The number of hydrogen-bond donors (Lipinski definition) is 1. The predicted molar refractivity (Wildman–Crippen MR) is 71.1 cm³/mol. The summed E-state index contributed by atoms with van der Waals surface area (Å²) >= 11 is 0. The van der Waals surface area contributed by atoms with Gasteiger partial charge in [0.25, 0.3) is 5.56 Å². The van der Waals surface area contributed by atoms with Crippen LogP contribution in [0.1, 0.15) is 22.3 Å². The Bertz CT molecular complexity index is 778. The molecule has 19 heavy (non-hydrogen) atoms. The summed E-state index contributed by atoms with van der Waals surface area (Å²) in [4.78, 5) is 25.3. The van der Waals surface area contributed by atoms with Gasteiger partial charge in [0.15, 0.2) is 0 Å². The molecule has 0 saturated heterocycles. The predicted octanol–water partition coefficient (Wildman–Crippen LogP) is 1.07. The molecule has 1 aromatic heterocycles. The lowest BCUT2D eigenvalue weighted by atomic mass is 10.1. The van der Waals surface area contributed by atoms with Gasteiger partial charge in [0, 0.05) is 11.8 Å². The molecule has 0 aliphatic carbocycles. The molecule has 2 aromatic rings. The minimum atomic E-state index is -0.447. The standard InChI is InChI=1S/C14H13N3O2/c1-9-3-4-11(6-15)5-12(9)8-17-7-10(2)13(18)16-14(17)19/h3-5,7H,8H2,1-2H3,(H,16,18,19). The van der Waals surface area contributed by atoms with Gasteiger partial charge in [-0.25, -0.2) is 4.79 Å². The van der Waals surface area contributed by atoms with Crippen LogP contribution in [-0.4, -0.2) is 9.55 Å². The molecule has 0 unspecified atom stereocenters. The van der Waals surface area contributed by atoms with Crippen molar-refractivity contribution < 1.29 is 0 Å². The first-order chi connectivity index (χ1) is 9.01. The van der Waals surface area contributed by atoms with Crippen molar-refractivity contribution in [2.45, 2.75) is 20.4 Å². The van der Waals surface area contributed by atoms with Gasteiger partial charge in [0.1, 0.15) is 0 Å². The molecule has 0 spiro atoms. The molecular formula is C14H13N3O2. The van der Waals surface area contributed by atoms with Crippen molar-refractivity contribution in [3.05, 3.63) is 67.5 Å². The van der Waals surface area contributed by atoms with E-state index in [2.05, 4.69) is 11.1 Å². The van der Waals surface area contributed by atoms with Gasteiger partial charge in [-0.3, -0.25) is 14.3 Å². The van der Waals surface area contributed by atoms with Crippen molar-refractivity contribution in [3.63, 3.8) is 0 Å². The van der Waals surface area contributed by atoms with Crippen LogP contribution >= 0.6 is 0 Å². The van der Waals surface area contributed by atoms with Crippen LogP contribution in [0.5, 0.6) is 0 Å². The molecule has 0 fully saturated rings. The average molecular weight is 255 g/mol. The average Bonchev–Trinajstić information content (AvgIpc) is 2.38. The zero-order valence-corrected chi connectivity index (χ0v) is 10.7. The quantitative estimate of drug-likeness (QED) is 0.871. The molecule has 5 heteroatoms. The number of benzene rings is 1. The first kappa shape index (κ1) is 12.8. The van der Waals surface area contributed by atoms with Gasteiger partial charge in [-0.15, -0.1) is 0 Å². The third-order valence-electron chi connectivity index (χ3n) is 3.01. The number of hydrogen-bond acceptors (Lipinski definition) is 3. The summed E-state index contributed by atoms with van der Waals surface area (Å²) in [5, 5.41) is 8.89. The monoisotopic (exact) mass is 255 g/mol. The highest BCUT2D eigenvalue weighted by Crippen LogP contribution is 2.11. The molecule has 0 aliphatic heterocycles. The van der Waals surface area contributed by atoms with Crippen LogP contribution in [0.2, 0.25) is 0 Å². The lowest BCUT2D eigenvalue weighted by molar-refractivity contribution is 0.710. The fraction of sp³-hybridized carbons (Fsp3) is 0.214. The third-order valence-corrected chi connectivity index (χ3v) is 3.01. The Labute approximate surface area is 109 Å². The lowest BCUT2D eigenvalue weighted by Crippen LogP contribution is -2.31. The summed E-state index contributed by atoms with van der Waals surface area (Å²) in [5.41, 5.74) is 2.09. The van der Waals surface area contributed by atoms with Gasteiger partial charge in [0.2, 0.25) is 0 Å². The number of rotatable bonds is 2. The van der Waals surface area contributed by atoms with E-state index in [1.54, 1.807) is 19.1 Å². The number of aromatic amines is 1. The van der Waals surface area contributed by atoms with E-state index in [0.29, 0.717) is 17.7 Å². The van der Waals surface area contributed by atoms with Crippen LogP contribution in [0.4, 0.5) is 0 Å². The molecule has 0 bridgehead atoms. The first-order valence-corrected chi connectivity index (χ1v) is 5.81. The molecule has 96 valence electrons. The van der Waals surface area contributed by atoms with Crippen LogP contribution in [0.15, 0.2) is 34.0 Å². The van der Waals surface area contributed by atoms with E-state index in [9.17, 15) is 9.59 Å². The Kier molecular flexibility index (Phi) is 3.34. The minimum absolute atomic E-state index is 0.331. The molecule has 0 amide bonds. The van der Waals surface area contributed by atoms with E-state index in [1.807, 2.05) is 13.0 Å². The highest BCUT2D eigenvalue weighted by atomic mass is 16.2. The third kappa shape index (κ3) is 2.63. The molecular weight excluding hydrogens is 242 g/mol. The number of nitrogens with one attached hydrogen (secondary N) is 1. The van der Waals surface area contributed by atoms with Crippen molar-refractivity contribution in [2.75, 3.05) is 0 Å². The number of H-pyrrole nitrogens is 1. The molecule has 0 saturated carbocycles. The summed E-state index contributed by atoms with van der Waals surface area (Å²) in [6.07, 6.45) is 1.53. The summed E-state index contributed by atoms with van der Waals surface area (Å²) in [6.45, 7) is 3.89. The van der Waals surface area contributed by atoms with Crippen LogP contribution < -0.4 is 11.2 Å². The number of nitriles is 1. The van der Waals surface area contributed by atoms with E-state index in [4.69, 9.17) is 5.26 Å². The highest BCUT2D eigenvalue weighted by Gasteiger charge is 2.05. The van der Waals surface area contributed by atoms with Crippen molar-refractivity contribution >= 4 is 0 Å². The molecule has 0 aliphatic rings. The first-order valence-electron chi connectivity index (χ1n) is 5.81. The van der Waals surface area contributed by atoms with E-state index in [-0.39, 0.29) is 5.56 Å². The molecule has 1 heterocycles. The van der Waals surface area contributed by atoms with Crippen molar-refractivity contribution in [1.29, 1.82) is 5.26 Å². The van der Waals surface area contributed by atoms with E-state index in [1.165, 1.54) is 10.8 Å². The normalized spacial score (nSPS) is 10.2. The molecule has 0 atom stereocenters. The number of nitrogens with zero attached hydrogens (tertiary/aromatic N) is 2. The number of aromatic nitrogens is 2. The van der Waals surface area contributed by atoms with E-state index in [0.717, 1.165) is 11.1 Å². The Hall–Kier alpha value is -2.61. The summed E-state index contributed by atoms with van der Waals surface area (Å²) in [5.74, 6) is 0. The molecule has 1 N–H and O–H groups in total. The molecule has 2 rings (SSSR count). The number of aryl methyl sites for hydroxylation is 2. The van der Waals surface area contributed by atoms with E-state index < -0.39 is 5.69 Å². The zero-order chi connectivity index (χ0) is 14.0.